The molecule has 25 heavy (non-hydrogen) atoms. The van der Waals surface area contributed by atoms with Crippen molar-refractivity contribution in [1.29, 1.82) is 0 Å². The topological polar surface area (TPSA) is 65.8 Å². The largest absolute Gasteiger partial charge is 0.493 e. The Kier molecular flexibility index (Phi) is 4.94. The molecule has 1 aromatic carbocycles. The maximum Gasteiger partial charge on any atom is 0.254 e. The van der Waals surface area contributed by atoms with Crippen LogP contribution in [0.25, 0.3) is 0 Å². The minimum Gasteiger partial charge on any atom is -0.493 e. The van der Waals surface area contributed by atoms with Gasteiger partial charge in [0.1, 0.15) is 0 Å². The molecule has 0 fully saturated rings. The van der Waals surface area contributed by atoms with E-state index in [-0.39, 0.29) is 5.91 Å². The highest BCUT2D eigenvalue weighted by molar-refractivity contribution is 5.95. The number of rotatable bonds is 5. The molecule has 0 spiro atoms. The third kappa shape index (κ3) is 3.19. The van der Waals surface area contributed by atoms with E-state index in [4.69, 9.17) is 14.2 Å². The number of carbonyl (C=O) groups is 1. The number of methoxy groups -OCH3 is 3. The molecule has 0 saturated carbocycles. The zero-order valence-electron chi connectivity index (χ0n) is 15.0. The monoisotopic (exact) mass is 345 g/mol. The number of hydrogen-bond donors (Lipinski definition) is 0. The maximum atomic E-state index is 12.9. The average molecular weight is 345 g/mol. The first kappa shape index (κ1) is 17.3. The summed E-state index contributed by atoms with van der Waals surface area (Å²) in [4.78, 5) is 14.8. The van der Waals surface area contributed by atoms with Gasteiger partial charge in [0.15, 0.2) is 11.5 Å². The van der Waals surface area contributed by atoms with Crippen LogP contribution in [0.1, 0.15) is 27.3 Å². The Morgan fingerprint density at radius 3 is 2.64 bits per heavy atom. The van der Waals surface area contributed by atoms with Crippen molar-refractivity contribution in [2.75, 3.05) is 27.9 Å². The molecule has 0 atom stereocenters. The number of carbonyl (C=O) groups excluding carboxylic acids is 1. The fourth-order valence-electron chi connectivity index (χ4n) is 3.25. The van der Waals surface area contributed by atoms with E-state index >= 15 is 0 Å². The number of ether oxygens (including phenoxy) is 3. The Balaban J connectivity index is 1.85. The van der Waals surface area contributed by atoms with Gasteiger partial charge >= 0.3 is 0 Å². The second kappa shape index (κ2) is 7.14. The van der Waals surface area contributed by atoms with Crippen LogP contribution in [0.2, 0.25) is 0 Å². The van der Waals surface area contributed by atoms with Gasteiger partial charge in [-0.3, -0.25) is 9.48 Å². The first-order valence-electron chi connectivity index (χ1n) is 8.12. The van der Waals surface area contributed by atoms with E-state index in [1.807, 2.05) is 16.6 Å². The van der Waals surface area contributed by atoms with Gasteiger partial charge in [0.25, 0.3) is 5.91 Å². The van der Waals surface area contributed by atoms with Gasteiger partial charge in [0.05, 0.1) is 26.5 Å². The summed E-state index contributed by atoms with van der Waals surface area (Å²) >= 11 is 0. The van der Waals surface area contributed by atoms with Crippen molar-refractivity contribution in [2.24, 2.45) is 7.05 Å². The molecule has 0 N–H and O–H groups in total. The van der Waals surface area contributed by atoms with Crippen molar-refractivity contribution < 1.29 is 19.0 Å². The standard InChI is InChI=1S/C18H23N3O4/c1-20-15-7-8-21(10-13(15)14(19-20)11-23-2)18(22)12-5-6-16(24-3)17(9-12)25-4/h5-6,9H,7-8,10-11H2,1-4H3. The van der Waals surface area contributed by atoms with Crippen molar-refractivity contribution in [3.8, 4) is 11.5 Å². The number of amides is 1. The highest BCUT2D eigenvalue weighted by atomic mass is 16.5. The molecule has 0 unspecified atom stereocenters. The Bertz CT molecular complexity index is 785. The summed E-state index contributed by atoms with van der Waals surface area (Å²) in [6, 6.07) is 5.23. The lowest BCUT2D eigenvalue weighted by Gasteiger charge is -2.28. The number of aromatic nitrogens is 2. The summed E-state index contributed by atoms with van der Waals surface area (Å²) in [5.74, 6) is 1.13. The molecule has 2 heterocycles. The van der Waals surface area contributed by atoms with Crippen LogP contribution in [0.5, 0.6) is 11.5 Å². The molecule has 1 aromatic heterocycles. The summed E-state index contributed by atoms with van der Waals surface area (Å²) in [5, 5.41) is 4.52. The van der Waals surface area contributed by atoms with Crippen LogP contribution in [-0.4, -0.2) is 48.5 Å². The number of benzene rings is 1. The molecule has 1 aliphatic heterocycles. The molecule has 1 amide bonds. The number of hydrogen-bond acceptors (Lipinski definition) is 5. The second-order valence-corrected chi connectivity index (χ2v) is 5.98. The Hall–Kier alpha value is -2.54. The Morgan fingerprint density at radius 1 is 1.20 bits per heavy atom. The molecule has 3 rings (SSSR count). The van der Waals surface area contributed by atoms with Gasteiger partial charge in [-0.25, -0.2) is 0 Å². The summed E-state index contributed by atoms with van der Waals surface area (Å²) in [6.45, 7) is 1.64. The van der Waals surface area contributed by atoms with Crippen LogP contribution >= 0.6 is 0 Å². The molecule has 0 saturated heterocycles. The molecule has 134 valence electrons. The van der Waals surface area contributed by atoms with Gasteiger partial charge in [-0.2, -0.15) is 5.10 Å². The van der Waals surface area contributed by atoms with Gasteiger partial charge in [0.2, 0.25) is 0 Å². The lowest BCUT2D eigenvalue weighted by molar-refractivity contribution is 0.0731. The van der Waals surface area contributed by atoms with E-state index in [9.17, 15) is 4.79 Å². The highest BCUT2D eigenvalue weighted by Crippen LogP contribution is 2.29. The van der Waals surface area contributed by atoms with E-state index in [2.05, 4.69) is 5.10 Å². The number of fused-ring (bicyclic) bond motifs is 1. The molecular weight excluding hydrogens is 322 g/mol. The van der Waals surface area contributed by atoms with Crippen molar-refractivity contribution in [3.05, 3.63) is 40.7 Å². The molecule has 1 aliphatic rings. The normalized spacial score (nSPS) is 13.5. The van der Waals surface area contributed by atoms with Gasteiger partial charge in [-0.15, -0.1) is 0 Å². The van der Waals surface area contributed by atoms with Crippen molar-refractivity contribution >= 4 is 5.91 Å². The number of aryl methyl sites for hydroxylation is 1. The predicted octanol–water partition coefficient (Wildman–Crippen LogP) is 1.78. The Labute approximate surface area is 147 Å². The van der Waals surface area contributed by atoms with E-state index in [1.165, 1.54) is 5.69 Å². The van der Waals surface area contributed by atoms with Crippen LogP contribution in [0.3, 0.4) is 0 Å². The molecule has 7 heteroatoms. The van der Waals surface area contributed by atoms with E-state index < -0.39 is 0 Å². The van der Waals surface area contributed by atoms with Gasteiger partial charge < -0.3 is 19.1 Å². The first-order valence-corrected chi connectivity index (χ1v) is 8.12. The van der Waals surface area contributed by atoms with Crippen molar-refractivity contribution in [2.45, 2.75) is 19.6 Å². The fourth-order valence-corrected chi connectivity index (χ4v) is 3.25. The smallest absolute Gasteiger partial charge is 0.254 e. The SMILES string of the molecule is COCc1nn(C)c2c1CN(C(=O)c1ccc(OC)c(OC)c1)CC2. The Morgan fingerprint density at radius 2 is 1.96 bits per heavy atom. The zero-order chi connectivity index (χ0) is 18.0. The van der Waals surface area contributed by atoms with Crippen molar-refractivity contribution in [3.63, 3.8) is 0 Å². The fraction of sp³-hybridized carbons (Fsp3) is 0.444. The summed E-state index contributed by atoms with van der Waals surface area (Å²) in [6.07, 6.45) is 0.779. The average Bonchev–Trinajstić information content (AvgIpc) is 2.96. The highest BCUT2D eigenvalue weighted by Gasteiger charge is 2.27. The van der Waals surface area contributed by atoms with E-state index in [1.54, 1.807) is 39.5 Å². The molecule has 0 aliphatic carbocycles. The minimum absolute atomic E-state index is 0.0289. The summed E-state index contributed by atoms with van der Waals surface area (Å²) in [7, 11) is 6.72. The summed E-state index contributed by atoms with van der Waals surface area (Å²) in [5.41, 5.74) is 3.73. The third-order valence-corrected chi connectivity index (χ3v) is 4.52. The molecule has 0 bridgehead atoms. The van der Waals surface area contributed by atoms with E-state index in [0.29, 0.717) is 36.8 Å². The van der Waals surface area contributed by atoms with Crippen LogP contribution in [-0.2, 0) is 31.4 Å². The minimum atomic E-state index is -0.0289. The van der Waals surface area contributed by atoms with Gasteiger partial charge in [0, 0.05) is 50.5 Å². The third-order valence-electron chi connectivity index (χ3n) is 4.52. The molecular formula is C18H23N3O4. The van der Waals surface area contributed by atoms with Crippen molar-refractivity contribution in [1.82, 2.24) is 14.7 Å². The maximum absolute atomic E-state index is 12.9. The van der Waals surface area contributed by atoms with Crippen LogP contribution in [0.4, 0.5) is 0 Å². The zero-order valence-corrected chi connectivity index (χ0v) is 15.0. The number of nitrogens with zero attached hydrogens (tertiary/aromatic N) is 3. The van der Waals surface area contributed by atoms with Crippen LogP contribution < -0.4 is 9.47 Å². The lowest BCUT2D eigenvalue weighted by Crippen LogP contribution is -2.36. The first-order chi connectivity index (χ1) is 12.1. The quantitative estimate of drug-likeness (QED) is 0.826. The van der Waals surface area contributed by atoms with Crippen LogP contribution in [0.15, 0.2) is 18.2 Å². The predicted molar refractivity (Wildman–Crippen MR) is 91.9 cm³/mol. The second-order valence-electron chi connectivity index (χ2n) is 5.98. The van der Waals surface area contributed by atoms with Gasteiger partial charge in [-0.05, 0) is 18.2 Å². The molecule has 7 nitrogen and oxygen atoms in total. The van der Waals surface area contributed by atoms with Crippen LogP contribution in [0, 0.1) is 0 Å². The lowest BCUT2D eigenvalue weighted by atomic mass is 10.0. The van der Waals surface area contributed by atoms with Gasteiger partial charge in [-0.1, -0.05) is 0 Å². The van der Waals surface area contributed by atoms with E-state index in [0.717, 1.165) is 17.7 Å². The molecule has 0 radical (unpaired) electrons. The summed E-state index contributed by atoms with van der Waals surface area (Å²) < 4.78 is 17.7. The molecule has 2 aromatic rings.